The van der Waals surface area contributed by atoms with E-state index < -0.39 is 32.2 Å². The molecule has 0 aliphatic heterocycles. The molecule has 0 fully saturated rings. The van der Waals surface area contributed by atoms with Crippen LogP contribution >= 0.6 is 0 Å². The number of nitrogens with one attached hydrogen (secondary N) is 1. The monoisotopic (exact) mass is 508 g/mol. The summed E-state index contributed by atoms with van der Waals surface area (Å²) in [5.74, 6) is 0.421. The summed E-state index contributed by atoms with van der Waals surface area (Å²) >= 11 is 0. The van der Waals surface area contributed by atoms with E-state index in [2.05, 4.69) is 15.3 Å². The van der Waals surface area contributed by atoms with Gasteiger partial charge in [-0.15, -0.1) is 0 Å². The number of pyridine rings is 1. The number of sulfone groups is 1. The highest BCUT2D eigenvalue weighted by Gasteiger charge is 2.20. The minimum Gasteiger partial charge on any atom is -0.452 e. The molecular weight excluding hydrogens is 484 g/mol. The van der Waals surface area contributed by atoms with E-state index >= 15 is 0 Å². The fourth-order valence-corrected chi connectivity index (χ4v) is 3.80. The van der Waals surface area contributed by atoms with Crippen molar-refractivity contribution in [2.24, 2.45) is 0 Å². The van der Waals surface area contributed by atoms with E-state index in [1.165, 1.54) is 16.8 Å². The van der Waals surface area contributed by atoms with Crippen LogP contribution in [0.25, 0.3) is 16.7 Å². The fourth-order valence-electron chi connectivity index (χ4n) is 3.31. The number of amides is 1. The van der Waals surface area contributed by atoms with Gasteiger partial charge < -0.3 is 9.47 Å². The number of nitrogens with zero attached hydrogens (tertiary/aromatic N) is 3. The lowest BCUT2D eigenvalue weighted by Crippen LogP contribution is -2.27. The van der Waals surface area contributed by atoms with Gasteiger partial charge in [0.2, 0.25) is 15.0 Å². The Morgan fingerprint density at radius 2 is 1.75 bits per heavy atom. The van der Waals surface area contributed by atoms with Crippen LogP contribution < -0.4 is 15.6 Å². The van der Waals surface area contributed by atoms with Crippen LogP contribution in [0.2, 0.25) is 0 Å². The predicted molar refractivity (Wildman–Crippen MR) is 135 cm³/mol. The summed E-state index contributed by atoms with van der Waals surface area (Å²) in [5.41, 5.74) is -0.551. The first-order valence-electron chi connectivity index (χ1n) is 10.9. The molecule has 10 nitrogen and oxygen atoms in total. The summed E-state index contributed by atoms with van der Waals surface area (Å²) in [7, 11) is -3.75. The number of para-hydroxylation sites is 1. The molecule has 186 valence electrons. The first-order valence-corrected chi connectivity index (χ1v) is 12.8. The van der Waals surface area contributed by atoms with Gasteiger partial charge in [-0.05, 0) is 57.2 Å². The molecule has 1 amide bonds. The number of aromatic nitrogens is 3. The van der Waals surface area contributed by atoms with Crippen LogP contribution in [0, 0.1) is 0 Å². The second-order valence-electron chi connectivity index (χ2n) is 8.95. The average Bonchev–Trinajstić information content (AvgIpc) is 2.78. The fraction of sp³-hybridized carbons (Fsp3) is 0.200. The lowest BCUT2D eigenvalue weighted by atomic mass is 10.2. The van der Waals surface area contributed by atoms with Crippen LogP contribution in [0.1, 0.15) is 20.8 Å². The summed E-state index contributed by atoms with van der Waals surface area (Å²) in [5, 5.41) is 2.58. The van der Waals surface area contributed by atoms with E-state index in [0.717, 1.165) is 6.26 Å². The summed E-state index contributed by atoms with van der Waals surface area (Å²) < 4.78 is 36.6. The summed E-state index contributed by atoms with van der Waals surface area (Å²) in [6.07, 6.45) is 1.63. The number of benzene rings is 2. The van der Waals surface area contributed by atoms with Gasteiger partial charge in [-0.25, -0.2) is 18.2 Å². The highest BCUT2D eigenvalue weighted by molar-refractivity contribution is 7.90. The number of ether oxygens (including phenoxy) is 2. The molecule has 4 aromatic rings. The lowest BCUT2D eigenvalue weighted by molar-refractivity contribution is 0.0636. The van der Waals surface area contributed by atoms with E-state index in [0.29, 0.717) is 22.5 Å². The molecule has 0 unspecified atom stereocenters. The van der Waals surface area contributed by atoms with E-state index in [1.54, 1.807) is 69.3 Å². The molecule has 36 heavy (non-hydrogen) atoms. The normalized spacial score (nSPS) is 11.8. The molecule has 0 aliphatic carbocycles. The van der Waals surface area contributed by atoms with Gasteiger partial charge >= 0.3 is 6.09 Å². The maximum absolute atomic E-state index is 13.6. The van der Waals surface area contributed by atoms with Gasteiger partial charge in [-0.3, -0.25) is 14.7 Å². The maximum atomic E-state index is 13.6. The molecular formula is C25H24N4O6S. The first kappa shape index (κ1) is 24.9. The van der Waals surface area contributed by atoms with Crippen LogP contribution in [0.3, 0.4) is 0 Å². The van der Waals surface area contributed by atoms with Crippen molar-refractivity contribution in [3.8, 4) is 17.2 Å². The number of rotatable bonds is 5. The van der Waals surface area contributed by atoms with Gasteiger partial charge in [0.05, 0.1) is 5.69 Å². The number of fused-ring (bicyclic) bond motifs is 1. The molecule has 2 aromatic heterocycles. The minimum atomic E-state index is -3.75. The Balaban J connectivity index is 1.88. The molecule has 0 spiro atoms. The summed E-state index contributed by atoms with van der Waals surface area (Å²) in [6, 6.07) is 16.6. The Morgan fingerprint density at radius 1 is 1.03 bits per heavy atom. The van der Waals surface area contributed by atoms with E-state index in [4.69, 9.17) is 9.47 Å². The number of hydrogen-bond acceptors (Lipinski definition) is 8. The Bertz CT molecular complexity index is 1610. The average molecular weight is 509 g/mol. The molecule has 2 aromatic carbocycles. The first-order chi connectivity index (χ1) is 16.9. The number of anilines is 1. The van der Waals surface area contributed by atoms with Crippen molar-refractivity contribution in [2.45, 2.75) is 31.5 Å². The quantitative estimate of drug-likeness (QED) is 0.395. The van der Waals surface area contributed by atoms with Gasteiger partial charge in [-0.2, -0.15) is 4.98 Å². The highest BCUT2D eigenvalue weighted by Crippen LogP contribution is 2.25. The van der Waals surface area contributed by atoms with Gasteiger partial charge in [0.1, 0.15) is 11.4 Å². The largest absolute Gasteiger partial charge is 0.452 e. The zero-order valence-corrected chi connectivity index (χ0v) is 20.9. The van der Waals surface area contributed by atoms with Crippen LogP contribution in [-0.2, 0) is 14.6 Å². The molecule has 0 bridgehead atoms. The molecule has 2 heterocycles. The third kappa shape index (κ3) is 5.69. The van der Waals surface area contributed by atoms with Gasteiger partial charge in [0.25, 0.3) is 5.56 Å². The van der Waals surface area contributed by atoms with Gasteiger partial charge in [-0.1, -0.05) is 24.3 Å². The Labute approximate surface area is 207 Å². The highest BCUT2D eigenvalue weighted by atomic mass is 32.2. The molecule has 0 saturated carbocycles. The van der Waals surface area contributed by atoms with Gasteiger partial charge in [0.15, 0.2) is 11.4 Å². The lowest BCUT2D eigenvalue weighted by Gasteiger charge is -2.20. The summed E-state index contributed by atoms with van der Waals surface area (Å²) in [4.78, 5) is 33.9. The molecule has 0 saturated heterocycles. The molecule has 0 radical (unpaired) electrons. The van der Waals surface area contributed by atoms with Crippen molar-refractivity contribution in [1.82, 2.24) is 14.5 Å². The van der Waals surface area contributed by atoms with Crippen molar-refractivity contribution in [3.63, 3.8) is 0 Å². The molecule has 4 rings (SSSR count). The van der Waals surface area contributed by atoms with Crippen molar-refractivity contribution < 1.29 is 22.7 Å². The maximum Gasteiger partial charge on any atom is 0.412 e. The predicted octanol–water partition coefficient (Wildman–Crippen LogP) is 4.32. The van der Waals surface area contributed by atoms with Crippen LogP contribution in [0.4, 0.5) is 10.5 Å². The van der Waals surface area contributed by atoms with Crippen LogP contribution in [-0.4, -0.2) is 40.9 Å². The zero-order valence-electron chi connectivity index (χ0n) is 20.1. The van der Waals surface area contributed by atoms with Crippen molar-refractivity contribution in [3.05, 3.63) is 77.2 Å². The van der Waals surface area contributed by atoms with Crippen LogP contribution in [0.5, 0.6) is 11.5 Å². The smallest absolute Gasteiger partial charge is 0.412 e. The second kappa shape index (κ2) is 9.42. The standard InChI is InChI=1S/C25H24N4O6S/c1-25(2,3)35-24(31)27-17-9-8-10-18(14-17)29-21-16(15-26-23(28-21)36(4,32)33)13-20(22(29)30)34-19-11-6-5-7-12-19/h5-15H,1-4H3,(H,27,31). The van der Waals surface area contributed by atoms with Gasteiger partial charge in [0, 0.05) is 23.5 Å². The molecule has 0 aliphatic rings. The Kier molecular flexibility index (Phi) is 6.51. The number of carbonyl (C=O) groups is 1. The zero-order chi connectivity index (χ0) is 26.1. The molecule has 0 atom stereocenters. The molecule has 1 N–H and O–H groups in total. The van der Waals surface area contributed by atoms with Crippen molar-refractivity contribution >= 4 is 32.7 Å². The van der Waals surface area contributed by atoms with Crippen molar-refractivity contribution in [2.75, 3.05) is 11.6 Å². The third-order valence-corrected chi connectivity index (χ3v) is 5.60. The van der Waals surface area contributed by atoms with Crippen LogP contribution in [0.15, 0.2) is 76.8 Å². The van der Waals surface area contributed by atoms with E-state index in [-0.39, 0.29) is 11.4 Å². The third-order valence-electron chi connectivity index (χ3n) is 4.74. The topological polar surface area (TPSA) is 129 Å². The number of hydrogen-bond donors (Lipinski definition) is 1. The second-order valence-corrected chi connectivity index (χ2v) is 10.9. The minimum absolute atomic E-state index is 0.0186. The van der Waals surface area contributed by atoms with E-state index in [9.17, 15) is 18.0 Å². The summed E-state index contributed by atoms with van der Waals surface area (Å²) in [6.45, 7) is 5.23. The number of carbonyl (C=O) groups excluding carboxylic acids is 1. The molecule has 11 heteroatoms. The Hall–Kier alpha value is -4.25. The van der Waals surface area contributed by atoms with E-state index in [1.807, 2.05) is 6.07 Å². The Morgan fingerprint density at radius 3 is 2.42 bits per heavy atom. The SMILES string of the molecule is CC(C)(C)OC(=O)Nc1cccc(-n2c(=O)c(Oc3ccccc3)cc3cnc(S(C)(=O)=O)nc32)c1. The van der Waals surface area contributed by atoms with Crippen molar-refractivity contribution in [1.29, 1.82) is 0 Å².